The number of amides is 1. The van der Waals surface area contributed by atoms with Crippen LogP contribution < -0.4 is 20.1 Å². The van der Waals surface area contributed by atoms with Crippen LogP contribution >= 0.6 is 12.4 Å². The summed E-state index contributed by atoms with van der Waals surface area (Å²) in [6.45, 7) is 5.20. The molecular formula is C20H24ClFN2O3. The van der Waals surface area contributed by atoms with E-state index in [1.165, 1.54) is 7.11 Å². The predicted molar refractivity (Wildman–Crippen MR) is 106 cm³/mol. The van der Waals surface area contributed by atoms with Gasteiger partial charge < -0.3 is 20.1 Å². The molecule has 0 aliphatic carbocycles. The predicted octanol–water partition coefficient (Wildman–Crippen LogP) is 3.94. The average Bonchev–Trinajstić information content (AvgIpc) is 2.64. The largest absolute Gasteiger partial charge is 0.493 e. The number of hydrogen-bond acceptors (Lipinski definition) is 4. The summed E-state index contributed by atoms with van der Waals surface area (Å²) >= 11 is 0. The average molecular weight is 395 g/mol. The molecule has 0 spiro atoms. The lowest BCUT2D eigenvalue weighted by Crippen LogP contribution is -2.25. The molecule has 1 aliphatic heterocycles. The fourth-order valence-electron chi connectivity index (χ4n) is 2.98. The molecule has 7 heteroatoms. The van der Waals surface area contributed by atoms with Crippen LogP contribution in [0.5, 0.6) is 11.5 Å². The molecule has 2 N–H and O–H groups in total. The molecular weight excluding hydrogens is 371 g/mol. The first-order chi connectivity index (χ1) is 12.5. The highest BCUT2D eigenvalue weighted by Gasteiger charge is 2.19. The van der Waals surface area contributed by atoms with Crippen LogP contribution in [0.15, 0.2) is 30.3 Å². The highest BCUT2D eigenvalue weighted by Crippen LogP contribution is 2.30. The van der Waals surface area contributed by atoms with E-state index in [0.29, 0.717) is 35.6 Å². The summed E-state index contributed by atoms with van der Waals surface area (Å²) in [7, 11) is 1.52. The van der Waals surface area contributed by atoms with Crippen molar-refractivity contribution in [3.05, 3.63) is 52.8 Å². The topological polar surface area (TPSA) is 59.6 Å². The van der Waals surface area contributed by atoms with Gasteiger partial charge >= 0.3 is 0 Å². The third-order valence-electron chi connectivity index (χ3n) is 4.24. The quantitative estimate of drug-likeness (QED) is 0.806. The molecule has 1 amide bonds. The summed E-state index contributed by atoms with van der Waals surface area (Å²) in [5.74, 6) is 0.270. The van der Waals surface area contributed by atoms with Crippen LogP contribution in [0.25, 0.3) is 0 Å². The van der Waals surface area contributed by atoms with Crippen LogP contribution in [-0.2, 0) is 13.0 Å². The van der Waals surface area contributed by atoms with Crippen molar-refractivity contribution in [2.45, 2.75) is 32.9 Å². The van der Waals surface area contributed by atoms with Gasteiger partial charge in [-0.15, -0.1) is 12.4 Å². The van der Waals surface area contributed by atoms with Crippen molar-refractivity contribution in [3.8, 4) is 11.5 Å². The molecule has 0 saturated carbocycles. The van der Waals surface area contributed by atoms with E-state index < -0.39 is 5.91 Å². The zero-order valence-electron chi connectivity index (χ0n) is 15.6. The highest BCUT2D eigenvalue weighted by molar-refractivity contribution is 6.04. The van der Waals surface area contributed by atoms with Crippen molar-refractivity contribution in [3.63, 3.8) is 0 Å². The SMILES string of the molecule is COc1cc(C(=O)Nc2ccc3c(c2F)CCNC3)ccc1OC(C)C.Cl. The molecule has 0 fully saturated rings. The summed E-state index contributed by atoms with van der Waals surface area (Å²) in [6, 6.07) is 8.36. The minimum atomic E-state index is -0.396. The van der Waals surface area contributed by atoms with E-state index in [-0.39, 0.29) is 30.0 Å². The monoisotopic (exact) mass is 394 g/mol. The maximum atomic E-state index is 14.7. The molecule has 1 aliphatic rings. The standard InChI is InChI=1S/C20H23FN2O3.ClH/c1-12(2)26-17-7-5-13(10-18(17)25-3)20(24)23-16-6-4-14-11-22-9-8-15(14)19(16)21;/h4-7,10,12,22H,8-9,11H2,1-3H3,(H,23,24);1H. The first-order valence-electron chi connectivity index (χ1n) is 8.66. The molecule has 0 radical (unpaired) electrons. The van der Waals surface area contributed by atoms with Gasteiger partial charge in [0.05, 0.1) is 18.9 Å². The van der Waals surface area contributed by atoms with Gasteiger partial charge in [-0.05, 0) is 62.2 Å². The van der Waals surface area contributed by atoms with Gasteiger partial charge in [-0.25, -0.2) is 4.39 Å². The normalized spacial score (nSPS) is 12.8. The Hall–Kier alpha value is -2.31. The number of ether oxygens (including phenoxy) is 2. The minimum Gasteiger partial charge on any atom is -0.493 e. The third-order valence-corrected chi connectivity index (χ3v) is 4.24. The fraction of sp³-hybridized carbons (Fsp3) is 0.350. The van der Waals surface area contributed by atoms with Gasteiger partial charge in [0.15, 0.2) is 11.5 Å². The van der Waals surface area contributed by atoms with Crippen LogP contribution in [0.3, 0.4) is 0 Å². The Balaban J connectivity index is 0.00000261. The van der Waals surface area contributed by atoms with Gasteiger partial charge in [0.2, 0.25) is 0 Å². The number of fused-ring (bicyclic) bond motifs is 1. The number of nitrogens with one attached hydrogen (secondary N) is 2. The second kappa shape index (κ2) is 9.06. The summed E-state index contributed by atoms with van der Waals surface area (Å²) in [5, 5.41) is 5.86. The zero-order valence-corrected chi connectivity index (χ0v) is 16.4. The van der Waals surface area contributed by atoms with E-state index in [1.54, 1.807) is 24.3 Å². The van der Waals surface area contributed by atoms with E-state index in [1.807, 2.05) is 19.9 Å². The summed E-state index contributed by atoms with van der Waals surface area (Å²) in [6.07, 6.45) is 0.600. The molecule has 2 aromatic carbocycles. The molecule has 2 aromatic rings. The van der Waals surface area contributed by atoms with Crippen LogP contribution in [0, 0.1) is 5.82 Å². The van der Waals surface area contributed by atoms with Crippen molar-refractivity contribution in [2.75, 3.05) is 19.0 Å². The maximum Gasteiger partial charge on any atom is 0.255 e. The van der Waals surface area contributed by atoms with Gasteiger partial charge in [-0.1, -0.05) is 6.07 Å². The smallest absolute Gasteiger partial charge is 0.255 e. The Morgan fingerprint density at radius 3 is 2.70 bits per heavy atom. The number of carbonyl (C=O) groups excluding carboxylic acids is 1. The highest BCUT2D eigenvalue weighted by atomic mass is 35.5. The van der Waals surface area contributed by atoms with E-state index in [0.717, 1.165) is 12.1 Å². The van der Waals surface area contributed by atoms with Crippen LogP contribution in [0.1, 0.15) is 35.3 Å². The number of anilines is 1. The van der Waals surface area contributed by atoms with Crippen molar-refractivity contribution < 1.29 is 18.7 Å². The molecule has 3 rings (SSSR count). The molecule has 0 saturated heterocycles. The Bertz CT molecular complexity index is 827. The molecule has 0 unspecified atom stereocenters. The molecule has 146 valence electrons. The van der Waals surface area contributed by atoms with E-state index in [9.17, 15) is 9.18 Å². The second-order valence-electron chi connectivity index (χ2n) is 6.48. The van der Waals surface area contributed by atoms with E-state index in [4.69, 9.17) is 9.47 Å². The molecule has 5 nitrogen and oxygen atoms in total. The van der Waals surface area contributed by atoms with Crippen LogP contribution in [0.4, 0.5) is 10.1 Å². The Labute approximate surface area is 164 Å². The Morgan fingerprint density at radius 2 is 2.00 bits per heavy atom. The van der Waals surface area contributed by atoms with E-state index in [2.05, 4.69) is 10.6 Å². The van der Waals surface area contributed by atoms with Gasteiger partial charge in [0, 0.05) is 12.1 Å². The summed E-state index contributed by atoms with van der Waals surface area (Å²) in [5.41, 5.74) is 2.16. The number of benzene rings is 2. The molecule has 1 heterocycles. The summed E-state index contributed by atoms with van der Waals surface area (Å²) < 4.78 is 25.6. The number of rotatable bonds is 5. The van der Waals surface area contributed by atoms with Gasteiger partial charge in [-0.2, -0.15) is 0 Å². The second-order valence-corrected chi connectivity index (χ2v) is 6.48. The van der Waals surface area contributed by atoms with Gasteiger partial charge in [0.1, 0.15) is 5.82 Å². The van der Waals surface area contributed by atoms with Crippen LogP contribution in [-0.4, -0.2) is 25.7 Å². The van der Waals surface area contributed by atoms with Crippen LogP contribution in [0.2, 0.25) is 0 Å². The minimum absolute atomic E-state index is 0. The lowest BCUT2D eigenvalue weighted by Gasteiger charge is -2.19. The number of carbonyl (C=O) groups is 1. The first-order valence-corrected chi connectivity index (χ1v) is 8.66. The lowest BCUT2D eigenvalue weighted by molar-refractivity contribution is 0.102. The molecule has 27 heavy (non-hydrogen) atoms. The first kappa shape index (κ1) is 21.0. The molecule has 0 atom stereocenters. The number of halogens is 2. The summed E-state index contributed by atoms with van der Waals surface area (Å²) in [4.78, 5) is 12.5. The number of methoxy groups -OCH3 is 1. The van der Waals surface area contributed by atoms with Gasteiger partial charge in [-0.3, -0.25) is 4.79 Å². The molecule has 0 bridgehead atoms. The Morgan fingerprint density at radius 1 is 1.22 bits per heavy atom. The number of hydrogen-bond donors (Lipinski definition) is 2. The van der Waals surface area contributed by atoms with Crippen molar-refractivity contribution >= 4 is 24.0 Å². The van der Waals surface area contributed by atoms with Crippen molar-refractivity contribution in [1.29, 1.82) is 0 Å². The van der Waals surface area contributed by atoms with E-state index >= 15 is 0 Å². The lowest BCUT2D eigenvalue weighted by atomic mass is 9.99. The zero-order chi connectivity index (χ0) is 18.7. The third kappa shape index (κ3) is 4.70. The maximum absolute atomic E-state index is 14.7. The van der Waals surface area contributed by atoms with Gasteiger partial charge in [0.25, 0.3) is 5.91 Å². The fourth-order valence-corrected chi connectivity index (χ4v) is 2.98. The van der Waals surface area contributed by atoms with Crippen molar-refractivity contribution in [1.82, 2.24) is 5.32 Å². The molecule has 0 aromatic heterocycles. The Kier molecular flexibility index (Phi) is 7.05. The van der Waals surface area contributed by atoms with Crippen molar-refractivity contribution in [2.24, 2.45) is 0 Å².